The van der Waals surface area contributed by atoms with Gasteiger partial charge in [0, 0.05) is 19.2 Å². The van der Waals surface area contributed by atoms with Gasteiger partial charge in [-0.25, -0.2) is 0 Å². The number of rotatable bonds is 3. The van der Waals surface area contributed by atoms with Gasteiger partial charge in [-0.05, 0) is 33.2 Å². The Kier molecular flexibility index (Phi) is 4.35. The Bertz CT molecular complexity index is 197. The molecule has 1 aliphatic heterocycles. The summed E-state index contributed by atoms with van der Waals surface area (Å²) < 4.78 is 4.96. The molecule has 0 aromatic heterocycles. The zero-order chi connectivity index (χ0) is 10.6. The molecule has 1 amide bonds. The third-order valence-electron chi connectivity index (χ3n) is 2.81. The largest absolute Gasteiger partial charge is 0.372 e. The van der Waals surface area contributed by atoms with Crippen LogP contribution in [0.15, 0.2) is 0 Å². The van der Waals surface area contributed by atoms with E-state index >= 15 is 0 Å². The number of amides is 1. The lowest BCUT2D eigenvalue weighted by atomic mass is 10.00. The van der Waals surface area contributed by atoms with Crippen molar-refractivity contribution in [1.82, 2.24) is 10.6 Å². The summed E-state index contributed by atoms with van der Waals surface area (Å²) in [6.45, 7) is 4.91. The fraction of sp³-hybridized carbons (Fsp3) is 0.900. The van der Waals surface area contributed by atoms with Gasteiger partial charge < -0.3 is 15.4 Å². The molecular weight excluding hydrogens is 180 g/mol. The maximum absolute atomic E-state index is 11.5. The molecule has 0 saturated carbocycles. The molecule has 1 saturated heterocycles. The van der Waals surface area contributed by atoms with E-state index in [9.17, 15) is 4.79 Å². The molecule has 4 nitrogen and oxygen atoms in total. The van der Waals surface area contributed by atoms with Crippen molar-refractivity contribution in [3.63, 3.8) is 0 Å². The van der Waals surface area contributed by atoms with Crippen LogP contribution in [0.2, 0.25) is 0 Å². The highest BCUT2D eigenvalue weighted by molar-refractivity contribution is 5.80. The van der Waals surface area contributed by atoms with Gasteiger partial charge >= 0.3 is 0 Å². The van der Waals surface area contributed by atoms with E-state index in [0.717, 1.165) is 19.4 Å². The molecule has 1 fully saturated rings. The minimum absolute atomic E-state index is 0.0203. The predicted octanol–water partition coefficient (Wildman–Crippen LogP) is 0.278. The molecule has 0 bridgehead atoms. The SMILES string of the molecule is COC(C)C(=O)NC1CCCNC1C. The van der Waals surface area contributed by atoms with Crippen LogP contribution < -0.4 is 10.6 Å². The van der Waals surface area contributed by atoms with Gasteiger partial charge in [0.2, 0.25) is 5.91 Å². The molecule has 2 N–H and O–H groups in total. The van der Waals surface area contributed by atoms with E-state index < -0.39 is 0 Å². The third kappa shape index (κ3) is 2.96. The second-order valence-electron chi connectivity index (χ2n) is 3.88. The highest BCUT2D eigenvalue weighted by Gasteiger charge is 2.24. The summed E-state index contributed by atoms with van der Waals surface area (Å²) in [5, 5.41) is 6.33. The lowest BCUT2D eigenvalue weighted by molar-refractivity contribution is -0.131. The molecule has 82 valence electrons. The average molecular weight is 200 g/mol. The van der Waals surface area contributed by atoms with Crippen LogP contribution in [-0.2, 0) is 9.53 Å². The topological polar surface area (TPSA) is 50.4 Å². The highest BCUT2D eigenvalue weighted by atomic mass is 16.5. The van der Waals surface area contributed by atoms with Crippen molar-refractivity contribution in [2.75, 3.05) is 13.7 Å². The van der Waals surface area contributed by atoms with Crippen molar-refractivity contribution < 1.29 is 9.53 Å². The maximum atomic E-state index is 11.5. The Hall–Kier alpha value is -0.610. The fourth-order valence-electron chi connectivity index (χ4n) is 1.65. The van der Waals surface area contributed by atoms with Crippen molar-refractivity contribution in [3.05, 3.63) is 0 Å². The van der Waals surface area contributed by atoms with Crippen LogP contribution in [0.1, 0.15) is 26.7 Å². The van der Waals surface area contributed by atoms with Gasteiger partial charge in [0.1, 0.15) is 6.10 Å². The van der Waals surface area contributed by atoms with Gasteiger partial charge in [-0.3, -0.25) is 4.79 Å². The summed E-state index contributed by atoms with van der Waals surface area (Å²) in [7, 11) is 1.55. The normalized spacial score (nSPS) is 29.6. The zero-order valence-electron chi connectivity index (χ0n) is 9.17. The van der Waals surface area contributed by atoms with Crippen molar-refractivity contribution in [3.8, 4) is 0 Å². The van der Waals surface area contributed by atoms with E-state index in [4.69, 9.17) is 4.74 Å². The Labute approximate surface area is 85.4 Å². The Balaban J connectivity index is 2.38. The number of carbonyl (C=O) groups excluding carboxylic acids is 1. The first-order valence-electron chi connectivity index (χ1n) is 5.21. The van der Waals surface area contributed by atoms with Crippen LogP contribution in [0.5, 0.6) is 0 Å². The first-order chi connectivity index (χ1) is 6.65. The molecule has 1 heterocycles. The van der Waals surface area contributed by atoms with E-state index in [2.05, 4.69) is 17.6 Å². The fourth-order valence-corrected chi connectivity index (χ4v) is 1.65. The van der Waals surface area contributed by atoms with E-state index in [-0.39, 0.29) is 18.1 Å². The second-order valence-corrected chi connectivity index (χ2v) is 3.88. The molecule has 1 aliphatic rings. The molecule has 0 aromatic carbocycles. The molecule has 14 heavy (non-hydrogen) atoms. The number of nitrogens with one attached hydrogen (secondary N) is 2. The van der Waals surface area contributed by atoms with Crippen LogP contribution in [0.25, 0.3) is 0 Å². The number of carbonyl (C=O) groups is 1. The van der Waals surface area contributed by atoms with Crippen LogP contribution in [0, 0.1) is 0 Å². The molecule has 1 rings (SSSR count). The van der Waals surface area contributed by atoms with Crippen molar-refractivity contribution in [2.45, 2.75) is 44.9 Å². The predicted molar refractivity (Wildman–Crippen MR) is 55.1 cm³/mol. The minimum atomic E-state index is -0.357. The molecule has 0 radical (unpaired) electrons. The van der Waals surface area contributed by atoms with E-state index in [0.29, 0.717) is 6.04 Å². The van der Waals surface area contributed by atoms with Crippen molar-refractivity contribution in [1.29, 1.82) is 0 Å². The second kappa shape index (κ2) is 5.32. The summed E-state index contributed by atoms with van der Waals surface area (Å²) in [6.07, 6.45) is 1.82. The summed E-state index contributed by atoms with van der Waals surface area (Å²) in [5.74, 6) is -0.0203. The lowest BCUT2D eigenvalue weighted by Gasteiger charge is -2.31. The Morgan fingerprint density at radius 1 is 1.64 bits per heavy atom. The first-order valence-corrected chi connectivity index (χ1v) is 5.21. The molecular formula is C10H20N2O2. The Morgan fingerprint density at radius 2 is 2.36 bits per heavy atom. The first kappa shape index (κ1) is 11.5. The molecule has 3 unspecified atom stereocenters. The van der Waals surface area contributed by atoms with Crippen molar-refractivity contribution in [2.24, 2.45) is 0 Å². The van der Waals surface area contributed by atoms with E-state index in [1.165, 1.54) is 0 Å². The standard InChI is InChI=1S/C10H20N2O2/c1-7-9(5-4-6-11-7)12-10(13)8(2)14-3/h7-9,11H,4-6H2,1-3H3,(H,12,13). The number of hydrogen-bond acceptors (Lipinski definition) is 3. The average Bonchev–Trinajstić information content (AvgIpc) is 2.20. The number of piperidine rings is 1. The molecule has 4 heteroatoms. The quantitative estimate of drug-likeness (QED) is 0.688. The number of ether oxygens (including phenoxy) is 1. The molecule has 0 aromatic rings. The zero-order valence-corrected chi connectivity index (χ0v) is 9.17. The highest BCUT2D eigenvalue weighted by Crippen LogP contribution is 2.08. The van der Waals surface area contributed by atoms with Gasteiger partial charge in [-0.15, -0.1) is 0 Å². The van der Waals surface area contributed by atoms with Gasteiger partial charge in [-0.2, -0.15) is 0 Å². The van der Waals surface area contributed by atoms with E-state index in [1.807, 2.05) is 0 Å². The summed E-state index contributed by atoms with van der Waals surface area (Å²) in [5.41, 5.74) is 0. The van der Waals surface area contributed by atoms with Gasteiger partial charge in [-0.1, -0.05) is 0 Å². The Morgan fingerprint density at radius 3 is 2.93 bits per heavy atom. The third-order valence-corrected chi connectivity index (χ3v) is 2.81. The number of hydrogen-bond donors (Lipinski definition) is 2. The molecule has 0 spiro atoms. The van der Waals surface area contributed by atoms with Crippen LogP contribution in [0.4, 0.5) is 0 Å². The van der Waals surface area contributed by atoms with Crippen LogP contribution >= 0.6 is 0 Å². The summed E-state index contributed by atoms with van der Waals surface area (Å²) in [4.78, 5) is 11.5. The lowest BCUT2D eigenvalue weighted by Crippen LogP contribution is -2.53. The van der Waals surface area contributed by atoms with Gasteiger partial charge in [0.15, 0.2) is 0 Å². The van der Waals surface area contributed by atoms with Crippen molar-refractivity contribution >= 4 is 5.91 Å². The van der Waals surface area contributed by atoms with Crippen LogP contribution in [0.3, 0.4) is 0 Å². The molecule has 3 atom stereocenters. The summed E-state index contributed by atoms with van der Waals surface area (Å²) in [6, 6.07) is 0.602. The van der Waals surface area contributed by atoms with Crippen LogP contribution in [-0.4, -0.2) is 37.7 Å². The minimum Gasteiger partial charge on any atom is -0.372 e. The van der Waals surface area contributed by atoms with Gasteiger partial charge in [0.05, 0.1) is 0 Å². The molecule has 0 aliphatic carbocycles. The van der Waals surface area contributed by atoms with Gasteiger partial charge in [0.25, 0.3) is 0 Å². The summed E-state index contributed by atoms with van der Waals surface area (Å²) >= 11 is 0. The smallest absolute Gasteiger partial charge is 0.249 e. The number of methoxy groups -OCH3 is 1. The maximum Gasteiger partial charge on any atom is 0.249 e. The van der Waals surface area contributed by atoms with E-state index in [1.54, 1.807) is 14.0 Å². The monoisotopic (exact) mass is 200 g/mol.